The third-order valence-corrected chi connectivity index (χ3v) is 6.04. The number of hydrogen-bond acceptors (Lipinski definition) is 7. The van der Waals surface area contributed by atoms with Gasteiger partial charge in [0.05, 0.1) is 17.9 Å². The van der Waals surface area contributed by atoms with Crippen LogP contribution in [-0.4, -0.2) is 50.7 Å². The van der Waals surface area contributed by atoms with Crippen LogP contribution in [0.2, 0.25) is 0 Å². The predicted molar refractivity (Wildman–Crippen MR) is 136 cm³/mol. The van der Waals surface area contributed by atoms with Crippen molar-refractivity contribution in [2.24, 2.45) is 0 Å². The SMILES string of the molecule is Cc1ccc(C)c(CNC(=O)c2nn(-c3ccc(F)cc3)c(OC[C@@H](O)C[C@@H](O)CC(=O)[O-])c2C(C)C)c1.[Na+]. The second kappa shape index (κ2) is 14.6. The van der Waals surface area contributed by atoms with Crippen LogP contribution in [-0.2, 0) is 11.3 Å². The molecule has 204 valence electrons. The van der Waals surface area contributed by atoms with Gasteiger partial charge in [-0.2, -0.15) is 5.10 Å². The van der Waals surface area contributed by atoms with Crippen LogP contribution < -0.4 is 44.7 Å². The van der Waals surface area contributed by atoms with E-state index >= 15 is 0 Å². The Bertz CT molecular complexity index is 1280. The maximum atomic E-state index is 13.6. The number of aryl methyl sites for hydroxylation is 2. The molecule has 0 saturated heterocycles. The third-order valence-electron chi connectivity index (χ3n) is 6.04. The summed E-state index contributed by atoms with van der Waals surface area (Å²) in [4.78, 5) is 24.0. The number of rotatable bonds is 12. The molecule has 0 aliphatic heterocycles. The fraction of sp³-hybridized carbons (Fsp3) is 0.393. The minimum absolute atomic E-state index is 0. The first-order chi connectivity index (χ1) is 18.0. The standard InChI is InChI=1S/C28H34FN3O6.Na/c1-16(2)25-26(27(37)30-14-19-11-17(3)5-6-18(19)4)31-32(21-9-7-20(29)8-10-21)28(25)38-15-23(34)12-22(33)13-24(35)36;/h5-11,16,22-23,33-34H,12-15H2,1-4H3,(H,30,37)(H,35,36);/q;+1/p-1/t22-,23+;/m1./s1. The number of carboxylic acid groups (broad SMARTS) is 1. The fourth-order valence-electron chi connectivity index (χ4n) is 4.08. The topological polar surface area (TPSA) is 137 Å². The van der Waals surface area contributed by atoms with Gasteiger partial charge in [0, 0.05) is 30.9 Å². The number of benzene rings is 2. The van der Waals surface area contributed by atoms with Gasteiger partial charge in [-0.1, -0.05) is 37.6 Å². The van der Waals surface area contributed by atoms with Gasteiger partial charge in [0.15, 0.2) is 5.69 Å². The summed E-state index contributed by atoms with van der Waals surface area (Å²) in [5.74, 6) is -2.35. The van der Waals surface area contributed by atoms with Crippen LogP contribution in [0.4, 0.5) is 4.39 Å². The zero-order valence-corrected chi connectivity index (χ0v) is 24.9. The summed E-state index contributed by atoms with van der Waals surface area (Å²) in [6.45, 7) is 7.64. The number of aliphatic hydroxyl groups excluding tert-OH is 2. The van der Waals surface area contributed by atoms with Crippen LogP contribution in [0.5, 0.6) is 5.88 Å². The van der Waals surface area contributed by atoms with Crippen molar-refractivity contribution in [1.29, 1.82) is 0 Å². The van der Waals surface area contributed by atoms with E-state index < -0.39 is 36.3 Å². The zero-order chi connectivity index (χ0) is 28.0. The summed E-state index contributed by atoms with van der Waals surface area (Å²) in [5.41, 5.74) is 4.12. The Hall–Kier alpha value is -2.76. The molecule has 0 fully saturated rings. The average molecular weight is 550 g/mol. The van der Waals surface area contributed by atoms with Crippen molar-refractivity contribution in [3.8, 4) is 11.6 Å². The number of halogens is 1. The molecule has 1 heterocycles. The van der Waals surface area contributed by atoms with Crippen molar-refractivity contribution in [3.05, 3.63) is 76.2 Å². The van der Waals surface area contributed by atoms with E-state index in [4.69, 9.17) is 4.74 Å². The third kappa shape index (κ3) is 8.87. The molecule has 3 rings (SSSR count). The Balaban J connectivity index is 0.00000533. The first-order valence-corrected chi connectivity index (χ1v) is 12.4. The van der Waals surface area contributed by atoms with E-state index in [1.54, 1.807) is 0 Å². The molecule has 0 radical (unpaired) electrons. The van der Waals surface area contributed by atoms with Crippen LogP contribution in [0.3, 0.4) is 0 Å². The number of aliphatic hydroxyl groups is 2. The first kappa shape index (κ1) is 32.5. The van der Waals surface area contributed by atoms with Gasteiger partial charge in [0.1, 0.15) is 12.4 Å². The first-order valence-electron chi connectivity index (χ1n) is 12.4. The normalized spacial score (nSPS) is 12.5. The average Bonchev–Trinajstić information content (AvgIpc) is 3.23. The number of carboxylic acids is 1. The number of carbonyl (C=O) groups excluding carboxylic acids is 2. The van der Waals surface area contributed by atoms with Crippen LogP contribution in [0, 0.1) is 19.7 Å². The van der Waals surface area contributed by atoms with E-state index in [9.17, 15) is 29.3 Å². The zero-order valence-electron chi connectivity index (χ0n) is 22.9. The van der Waals surface area contributed by atoms with Crippen molar-refractivity contribution >= 4 is 11.9 Å². The quantitative estimate of drug-likeness (QED) is 0.255. The molecule has 39 heavy (non-hydrogen) atoms. The number of nitrogens with one attached hydrogen (secondary N) is 1. The van der Waals surface area contributed by atoms with Crippen LogP contribution in [0.15, 0.2) is 42.5 Å². The molecule has 0 spiro atoms. The minimum atomic E-state index is -1.43. The van der Waals surface area contributed by atoms with Gasteiger partial charge >= 0.3 is 29.6 Å². The number of aliphatic carboxylic acids is 1. The number of nitrogens with zero attached hydrogens (tertiary/aromatic N) is 2. The summed E-state index contributed by atoms with van der Waals surface area (Å²) in [7, 11) is 0. The summed E-state index contributed by atoms with van der Waals surface area (Å²) < 4.78 is 20.9. The molecule has 0 saturated carbocycles. The molecule has 11 heteroatoms. The smallest absolute Gasteiger partial charge is 0.550 e. The molecule has 3 N–H and O–H groups in total. The van der Waals surface area contributed by atoms with Crippen molar-refractivity contribution < 1.29 is 63.6 Å². The van der Waals surface area contributed by atoms with Crippen molar-refractivity contribution in [1.82, 2.24) is 15.1 Å². The molecule has 0 bridgehead atoms. The largest absolute Gasteiger partial charge is 1.00 e. The summed E-state index contributed by atoms with van der Waals surface area (Å²) in [5, 5.41) is 38.3. The fourth-order valence-corrected chi connectivity index (χ4v) is 4.08. The predicted octanol–water partition coefficient (Wildman–Crippen LogP) is -0.684. The monoisotopic (exact) mass is 549 g/mol. The Morgan fingerprint density at radius 1 is 1.10 bits per heavy atom. The number of aromatic nitrogens is 2. The molecular formula is C28H33FN3NaO6. The minimum Gasteiger partial charge on any atom is -0.550 e. The molecule has 0 aliphatic carbocycles. The maximum absolute atomic E-state index is 13.6. The van der Waals surface area contributed by atoms with Crippen molar-refractivity contribution in [3.63, 3.8) is 0 Å². The van der Waals surface area contributed by atoms with Crippen LogP contribution in [0.1, 0.15) is 65.3 Å². The van der Waals surface area contributed by atoms with Gasteiger partial charge in [-0.15, -0.1) is 0 Å². The van der Waals surface area contributed by atoms with E-state index in [2.05, 4.69) is 10.4 Å². The van der Waals surface area contributed by atoms with E-state index in [1.165, 1.54) is 28.9 Å². The van der Waals surface area contributed by atoms with E-state index in [-0.39, 0.29) is 60.1 Å². The van der Waals surface area contributed by atoms with Gasteiger partial charge < -0.3 is 30.2 Å². The van der Waals surface area contributed by atoms with E-state index in [1.807, 2.05) is 45.9 Å². The molecule has 1 aromatic heterocycles. The van der Waals surface area contributed by atoms with Gasteiger partial charge in [0.2, 0.25) is 5.88 Å². The van der Waals surface area contributed by atoms with Crippen LogP contribution >= 0.6 is 0 Å². The number of hydrogen-bond donors (Lipinski definition) is 3. The Morgan fingerprint density at radius 3 is 2.38 bits per heavy atom. The molecule has 9 nitrogen and oxygen atoms in total. The van der Waals surface area contributed by atoms with Gasteiger partial charge in [0.25, 0.3) is 5.91 Å². The van der Waals surface area contributed by atoms with E-state index in [0.717, 1.165) is 16.7 Å². The summed E-state index contributed by atoms with van der Waals surface area (Å²) in [6, 6.07) is 11.5. The Labute approximate surface area is 249 Å². The van der Waals surface area contributed by atoms with Gasteiger partial charge in [-0.3, -0.25) is 4.79 Å². The Morgan fingerprint density at radius 2 is 1.77 bits per heavy atom. The maximum Gasteiger partial charge on any atom is 1.00 e. The molecule has 0 unspecified atom stereocenters. The number of carbonyl (C=O) groups is 2. The van der Waals surface area contributed by atoms with Crippen molar-refractivity contribution in [2.45, 2.75) is 65.2 Å². The molecule has 0 aliphatic rings. The second-order valence-corrected chi connectivity index (χ2v) is 9.65. The van der Waals surface area contributed by atoms with Gasteiger partial charge in [-0.25, -0.2) is 9.07 Å². The second-order valence-electron chi connectivity index (χ2n) is 9.65. The van der Waals surface area contributed by atoms with Crippen molar-refractivity contribution in [2.75, 3.05) is 6.61 Å². The van der Waals surface area contributed by atoms with Crippen LogP contribution in [0.25, 0.3) is 5.69 Å². The Kier molecular flexibility index (Phi) is 12.1. The molecule has 2 atom stereocenters. The van der Waals surface area contributed by atoms with Gasteiger partial charge in [-0.05, 0) is 55.2 Å². The number of amides is 1. The molecule has 3 aromatic rings. The molecule has 1 amide bonds. The molecule has 2 aromatic carbocycles. The summed E-state index contributed by atoms with van der Waals surface area (Å²) in [6.07, 6.45) is -3.38. The van der Waals surface area contributed by atoms with E-state index in [0.29, 0.717) is 17.8 Å². The molecular weight excluding hydrogens is 516 g/mol. The number of ether oxygens (including phenoxy) is 1. The summed E-state index contributed by atoms with van der Waals surface area (Å²) >= 11 is 0.